The molecule has 4 heteroatoms. The number of carbonyl (C=O) groups is 1. The molecule has 1 heterocycles. The largest absolute Gasteiger partial charge is 0.491 e. The number of hydrogen-bond donors (Lipinski definition) is 1. The monoisotopic (exact) mass is 207 g/mol. The van der Waals surface area contributed by atoms with Crippen LogP contribution >= 0.6 is 0 Å². The van der Waals surface area contributed by atoms with Crippen molar-refractivity contribution < 1.29 is 14.3 Å². The topological polar surface area (TPSA) is 50.9 Å². The van der Waals surface area contributed by atoms with Crippen LogP contribution in [-0.2, 0) is 9.53 Å². The molecule has 1 amide bonds. The Bertz CT molecular complexity index is 361. The van der Waals surface area contributed by atoms with E-state index >= 15 is 0 Å². The molecule has 0 saturated carbocycles. The van der Waals surface area contributed by atoms with Crippen molar-refractivity contribution in [3.05, 3.63) is 24.3 Å². The van der Waals surface area contributed by atoms with Crippen LogP contribution in [0.5, 0.6) is 5.75 Å². The quantitative estimate of drug-likeness (QED) is 0.760. The second kappa shape index (κ2) is 4.31. The van der Waals surface area contributed by atoms with Gasteiger partial charge in [0.05, 0.1) is 6.61 Å². The molecule has 4 nitrogen and oxygen atoms in total. The van der Waals surface area contributed by atoms with Gasteiger partial charge in [0, 0.05) is 18.7 Å². The molecule has 0 unspecified atom stereocenters. The molecule has 0 aliphatic carbocycles. The van der Waals surface area contributed by atoms with Crippen LogP contribution in [-0.4, -0.2) is 25.2 Å². The smallest absolute Gasteiger partial charge is 0.221 e. The van der Waals surface area contributed by atoms with Gasteiger partial charge in [-0.1, -0.05) is 6.07 Å². The fourth-order valence-electron chi connectivity index (χ4n) is 1.22. The highest BCUT2D eigenvalue weighted by Crippen LogP contribution is 2.19. The maximum Gasteiger partial charge on any atom is 0.221 e. The number of benzene rings is 1. The Kier molecular flexibility index (Phi) is 2.87. The summed E-state index contributed by atoms with van der Waals surface area (Å²) < 4.78 is 10.5. The minimum Gasteiger partial charge on any atom is -0.491 e. The molecule has 1 aliphatic heterocycles. The Labute approximate surface area is 88.2 Å². The van der Waals surface area contributed by atoms with E-state index in [0.717, 1.165) is 18.0 Å². The van der Waals surface area contributed by atoms with Crippen LogP contribution in [0, 0.1) is 0 Å². The summed E-state index contributed by atoms with van der Waals surface area (Å²) in [4.78, 5) is 10.8. The number of hydrogen-bond acceptors (Lipinski definition) is 3. The van der Waals surface area contributed by atoms with Gasteiger partial charge >= 0.3 is 0 Å². The third kappa shape index (κ3) is 3.25. The lowest BCUT2D eigenvalue weighted by molar-refractivity contribution is -0.114. The molecule has 1 atom stereocenters. The zero-order valence-electron chi connectivity index (χ0n) is 8.53. The fourth-order valence-corrected chi connectivity index (χ4v) is 1.22. The third-order valence-corrected chi connectivity index (χ3v) is 1.99. The molecule has 15 heavy (non-hydrogen) atoms. The Morgan fingerprint density at radius 3 is 3.13 bits per heavy atom. The van der Waals surface area contributed by atoms with E-state index in [1.54, 1.807) is 6.07 Å². The van der Waals surface area contributed by atoms with Gasteiger partial charge in [0.25, 0.3) is 0 Å². The van der Waals surface area contributed by atoms with Gasteiger partial charge in [0.15, 0.2) is 0 Å². The van der Waals surface area contributed by atoms with Crippen LogP contribution in [0.15, 0.2) is 24.3 Å². The average molecular weight is 207 g/mol. The van der Waals surface area contributed by atoms with Crippen molar-refractivity contribution >= 4 is 11.6 Å². The van der Waals surface area contributed by atoms with E-state index in [0.29, 0.717) is 6.61 Å². The van der Waals surface area contributed by atoms with Crippen molar-refractivity contribution in [2.45, 2.75) is 13.0 Å². The summed E-state index contributed by atoms with van der Waals surface area (Å²) in [6.45, 7) is 2.83. The fraction of sp³-hybridized carbons (Fsp3) is 0.364. The van der Waals surface area contributed by atoms with E-state index in [1.807, 2.05) is 18.2 Å². The summed E-state index contributed by atoms with van der Waals surface area (Å²) in [6.07, 6.45) is 0.245. The van der Waals surface area contributed by atoms with Gasteiger partial charge in [-0.2, -0.15) is 0 Å². The van der Waals surface area contributed by atoms with Crippen molar-refractivity contribution in [1.82, 2.24) is 0 Å². The summed E-state index contributed by atoms with van der Waals surface area (Å²) in [5, 5.41) is 2.70. The molecule has 0 aromatic heterocycles. The number of amides is 1. The summed E-state index contributed by atoms with van der Waals surface area (Å²) in [7, 11) is 0. The van der Waals surface area contributed by atoms with Crippen molar-refractivity contribution in [2.75, 3.05) is 18.5 Å². The van der Waals surface area contributed by atoms with Gasteiger partial charge in [-0.05, 0) is 12.1 Å². The van der Waals surface area contributed by atoms with Crippen molar-refractivity contribution in [3.63, 3.8) is 0 Å². The highest BCUT2D eigenvalue weighted by atomic mass is 16.6. The Balaban J connectivity index is 1.94. The van der Waals surface area contributed by atoms with E-state index in [-0.39, 0.29) is 12.0 Å². The summed E-state index contributed by atoms with van der Waals surface area (Å²) >= 11 is 0. The normalized spacial score (nSPS) is 18.3. The minimum absolute atomic E-state index is 0.0855. The number of anilines is 1. The van der Waals surface area contributed by atoms with Crippen LogP contribution < -0.4 is 10.1 Å². The molecular formula is C11H13NO3. The Hall–Kier alpha value is -1.55. The molecule has 80 valence electrons. The molecule has 0 bridgehead atoms. The zero-order valence-corrected chi connectivity index (χ0v) is 8.53. The lowest BCUT2D eigenvalue weighted by atomic mass is 10.3. The molecule has 1 N–H and O–H groups in total. The van der Waals surface area contributed by atoms with Crippen molar-refractivity contribution in [2.24, 2.45) is 0 Å². The van der Waals surface area contributed by atoms with E-state index in [4.69, 9.17) is 9.47 Å². The van der Waals surface area contributed by atoms with Crippen LogP contribution in [0.2, 0.25) is 0 Å². The van der Waals surface area contributed by atoms with Crippen molar-refractivity contribution in [3.8, 4) is 5.75 Å². The SMILES string of the molecule is CC(=O)Nc1cccc(OC[C@@H]2CO2)c1. The van der Waals surface area contributed by atoms with E-state index in [9.17, 15) is 4.79 Å². The zero-order chi connectivity index (χ0) is 10.7. The van der Waals surface area contributed by atoms with Gasteiger partial charge in [0.2, 0.25) is 5.91 Å². The lowest BCUT2D eigenvalue weighted by Crippen LogP contribution is -2.07. The molecule has 1 saturated heterocycles. The number of rotatable bonds is 4. The van der Waals surface area contributed by atoms with Crippen LogP contribution in [0.4, 0.5) is 5.69 Å². The van der Waals surface area contributed by atoms with Gasteiger partial charge in [0.1, 0.15) is 18.5 Å². The highest BCUT2D eigenvalue weighted by molar-refractivity contribution is 5.88. The number of nitrogens with one attached hydrogen (secondary N) is 1. The molecule has 2 rings (SSSR count). The van der Waals surface area contributed by atoms with E-state index < -0.39 is 0 Å². The minimum atomic E-state index is -0.0855. The summed E-state index contributed by atoms with van der Waals surface area (Å²) in [5.41, 5.74) is 0.747. The van der Waals surface area contributed by atoms with Crippen LogP contribution in [0.25, 0.3) is 0 Å². The first-order valence-corrected chi connectivity index (χ1v) is 4.86. The molecule has 0 spiro atoms. The number of carbonyl (C=O) groups excluding carboxylic acids is 1. The first-order valence-electron chi connectivity index (χ1n) is 4.86. The first kappa shape index (κ1) is 9.98. The molecule has 1 aliphatic rings. The summed E-state index contributed by atoms with van der Waals surface area (Å²) in [6, 6.07) is 7.31. The van der Waals surface area contributed by atoms with E-state index in [1.165, 1.54) is 6.92 Å². The number of epoxide rings is 1. The van der Waals surface area contributed by atoms with E-state index in [2.05, 4.69) is 5.32 Å². The van der Waals surface area contributed by atoms with Gasteiger partial charge < -0.3 is 14.8 Å². The Morgan fingerprint density at radius 1 is 1.67 bits per heavy atom. The Morgan fingerprint density at radius 2 is 2.47 bits per heavy atom. The van der Waals surface area contributed by atoms with Gasteiger partial charge in [-0.25, -0.2) is 0 Å². The molecule has 1 fully saturated rings. The highest BCUT2D eigenvalue weighted by Gasteiger charge is 2.22. The standard InChI is InChI=1S/C11H13NO3/c1-8(13)12-9-3-2-4-10(5-9)14-6-11-7-15-11/h2-5,11H,6-7H2,1H3,(H,12,13)/t11-/m1/s1. The predicted molar refractivity (Wildman–Crippen MR) is 56.0 cm³/mol. The van der Waals surface area contributed by atoms with Crippen LogP contribution in [0.3, 0.4) is 0 Å². The first-order chi connectivity index (χ1) is 7.24. The molecule has 0 radical (unpaired) electrons. The maximum absolute atomic E-state index is 10.8. The second-order valence-corrected chi connectivity index (χ2v) is 3.48. The maximum atomic E-state index is 10.8. The number of ether oxygens (including phenoxy) is 2. The average Bonchev–Trinajstić information content (AvgIpc) is 2.97. The van der Waals surface area contributed by atoms with Gasteiger partial charge in [-0.15, -0.1) is 0 Å². The molecule has 1 aromatic rings. The molecular weight excluding hydrogens is 194 g/mol. The predicted octanol–water partition coefficient (Wildman–Crippen LogP) is 1.42. The summed E-state index contributed by atoms with van der Waals surface area (Å²) in [5.74, 6) is 0.662. The third-order valence-electron chi connectivity index (χ3n) is 1.99. The van der Waals surface area contributed by atoms with Crippen molar-refractivity contribution in [1.29, 1.82) is 0 Å². The van der Waals surface area contributed by atoms with Crippen LogP contribution in [0.1, 0.15) is 6.92 Å². The van der Waals surface area contributed by atoms with Gasteiger partial charge in [-0.3, -0.25) is 4.79 Å². The molecule has 1 aromatic carbocycles. The second-order valence-electron chi connectivity index (χ2n) is 3.48. The lowest BCUT2D eigenvalue weighted by Gasteiger charge is -2.06.